The summed E-state index contributed by atoms with van der Waals surface area (Å²) < 4.78 is 0. The van der Waals surface area contributed by atoms with Gasteiger partial charge in [-0.3, -0.25) is 0 Å². The van der Waals surface area contributed by atoms with E-state index in [-0.39, 0.29) is 0 Å². The molecule has 2 rings (SSSR count). The lowest BCUT2D eigenvalue weighted by molar-refractivity contribution is 0.504. The Bertz CT molecular complexity index is 91.6. The van der Waals surface area contributed by atoms with Crippen LogP contribution in [0.5, 0.6) is 0 Å². The monoisotopic (exact) mass is 252 g/mol. The summed E-state index contributed by atoms with van der Waals surface area (Å²) in [6.07, 6.45) is 27.0. The van der Waals surface area contributed by atoms with Gasteiger partial charge in [0.15, 0.2) is 0 Å². The van der Waals surface area contributed by atoms with E-state index in [0.717, 1.165) is 0 Å². The molecular formula is C18H36. The molecule has 0 aromatic carbocycles. The quantitative estimate of drug-likeness (QED) is 0.434. The fraction of sp³-hybridized carbons (Fsp3) is 1.00. The van der Waals surface area contributed by atoms with E-state index < -0.39 is 0 Å². The summed E-state index contributed by atoms with van der Waals surface area (Å²) in [6, 6.07) is 0. The average Bonchev–Trinajstić information content (AvgIpc) is 2.42. The van der Waals surface area contributed by atoms with Crippen LogP contribution >= 0.6 is 0 Å². The number of hydrogen-bond acceptors (Lipinski definition) is 0. The van der Waals surface area contributed by atoms with E-state index in [1.165, 1.54) is 116 Å². The number of hydrogen-bond donors (Lipinski definition) is 0. The van der Waals surface area contributed by atoms with Crippen molar-refractivity contribution >= 4 is 0 Å². The Balaban J connectivity index is 0.000000225. The van der Waals surface area contributed by atoms with E-state index in [1.807, 2.05) is 0 Å². The summed E-state index contributed by atoms with van der Waals surface area (Å²) in [5.41, 5.74) is 0. The Kier molecular flexibility index (Phi) is 12.0. The third-order valence-electron chi connectivity index (χ3n) is 4.50. The van der Waals surface area contributed by atoms with Gasteiger partial charge in [0.25, 0.3) is 0 Å². The maximum Gasteiger partial charge on any atom is -0.0533 e. The van der Waals surface area contributed by atoms with Gasteiger partial charge in [-0.2, -0.15) is 0 Å². The molecule has 0 spiro atoms. The summed E-state index contributed by atoms with van der Waals surface area (Å²) in [6.45, 7) is 0. The molecule has 0 heteroatoms. The van der Waals surface area contributed by atoms with Gasteiger partial charge in [0.05, 0.1) is 0 Å². The molecule has 2 aliphatic rings. The van der Waals surface area contributed by atoms with Crippen molar-refractivity contribution in [1.29, 1.82) is 0 Å². The third-order valence-corrected chi connectivity index (χ3v) is 4.50. The minimum Gasteiger partial charge on any atom is -0.0533 e. The summed E-state index contributed by atoms with van der Waals surface area (Å²) >= 11 is 0. The predicted octanol–water partition coefficient (Wildman–Crippen LogP) is 7.02. The van der Waals surface area contributed by atoms with Crippen LogP contribution in [-0.2, 0) is 0 Å². The Morgan fingerprint density at radius 1 is 0.111 bits per heavy atom. The van der Waals surface area contributed by atoms with Gasteiger partial charge < -0.3 is 0 Å². The zero-order chi connectivity index (χ0) is 12.7. The summed E-state index contributed by atoms with van der Waals surface area (Å²) in [5.74, 6) is 0. The Labute approximate surface area is 116 Å². The third kappa shape index (κ3) is 11.1. The van der Waals surface area contributed by atoms with Gasteiger partial charge in [-0.15, -0.1) is 0 Å². The van der Waals surface area contributed by atoms with Crippen LogP contribution in [-0.4, -0.2) is 0 Å². The first-order valence-corrected chi connectivity index (χ1v) is 9.00. The van der Waals surface area contributed by atoms with Crippen LogP contribution in [0.3, 0.4) is 0 Å². The minimum atomic E-state index is 1.50. The molecule has 0 aromatic rings. The van der Waals surface area contributed by atoms with Crippen LogP contribution in [0.4, 0.5) is 0 Å². The van der Waals surface area contributed by atoms with Gasteiger partial charge in [0.2, 0.25) is 0 Å². The SMILES string of the molecule is C1CCCCC1.C1CCCCCCCCCCC1. The molecular weight excluding hydrogens is 216 g/mol. The van der Waals surface area contributed by atoms with Crippen molar-refractivity contribution in [2.45, 2.75) is 116 Å². The topological polar surface area (TPSA) is 0 Å². The van der Waals surface area contributed by atoms with Gasteiger partial charge >= 0.3 is 0 Å². The molecule has 2 aliphatic carbocycles. The molecule has 0 radical (unpaired) electrons. The Hall–Kier alpha value is 0. The standard InChI is InChI=1S/C12H24.C6H12/c1-2-4-6-8-10-12-11-9-7-5-3-1;1-2-4-6-5-3-1/h1-12H2;1-6H2. The van der Waals surface area contributed by atoms with E-state index in [0.29, 0.717) is 0 Å². The van der Waals surface area contributed by atoms with Crippen molar-refractivity contribution in [1.82, 2.24) is 0 Å². The lowest BCUT2D eigenvalue weighted by Gasteiger charge is -2.05. The van der Waals surface area contributed by atoms with Gasteiger partial charge in [-0.05, 0) is 0 Å². The first-order valence-electron chi connectivity index (χ1n) is 9.00. The highest BCUT2D eigenvalue weighted by atomic mass is 14.0. The highest BCUT2D eigenvalue weighted by Gasteiger charge is 1.96. The molecule has 2 saturated carbocycles. The van der Waals surface area contributed by atoms with Crippen molar-refractivity contribution in [3.63, 3.8) is 0 Å². The van der Waals surface area contributed by atoms with Crippen LogP contribution in [0.2, 0.25) is 0 Å². The first-order chi connectivity index (χ1) is 9.00. The lowest BCUT2D eigenvalue weighted by Crippen LogP contribution is -1.85. The van der Waals surface area contributed by atoms with Crippen LogP contribution in [0.25, 0.3) is 0 Å². The molecule has 108 valence electrons. The van der Waals surface area contributed by atoms with Gasteiger partial charge in [0, 0.05) is 0 Å². The summed E-state index contributed by atoms with van der Waals surface area (Å²) in [5, 5.41) is 0. The maximum absolute atomic E-state index is 1.50. The molecule has 0 amide bonds. The zero-order valence-electron chi connectivity index (χ0n) is 12.7. The smallest absolute Gasteiger partial charge is 0.0533 e. The van der Waals surface area contributed by atoms with E-state index in [1.54, 1.807) is 0 Å². The highest BCUT2D eigenvalue weighted by Crippen LogP contribution is 2.16. The van der Waals surface area contributed by atoms with Crippen LogP contribution < -0.4 is 0 Å². The van der Waals surface area contributed by atoms with Crippen molar-refractivity contribution in [2.24, 2.45) is 0 Å². The summed E-state index contributed by atoms with van der Waals surface area (Å²) in [4.78, 5) is 0. The molecule has 0 atom stereocenters. The fourth-order valence-electron chi connectivity index (χ4n) is 3.18. The van der Waals surface area contributed by atoms with Gasteiger partial charge in [-0.25, -0.2) is 0 Å². The molecule has 0 aliphatic heterocycles. The Morgan fingerprint density at radius 2 is 0.167 bits per heavy atom. The normalized spacial score (nSPS) is 24.0. The van der Waals surface area contributed by atoms with Crippen LogP contribution in [0.15, 0.2) is 0 Å². The zero-order valence-corrected chi connectivity index (χ0v) is 12.7. The van der Waals surface area contributed by atoms with Crippen LogP contribution in [0, 0.1) is 0 Å². The molecule has 0 nitrogen and oxygen atoms in total. The van der Waals surface area contributed by atoms with Crippen molar-refractivity contribution in [3.05, 3.63) is 0 Å². The Morgan fingerprint density at radius 3 is 0.222 bits per heavy atom. The molecule has 0 bridgehead atoms. The molecule has 0 heterocycles. The second kappa shape index (κ2) is 13.4. The predicted molar refractivity (Wildman–Crippen MR) is 83.1 cm³/mol. The molecule has 0 unspecified atom stereocenters. The van der Waals surface area contributed by atoms with Crippen molar-refractivity contribution in [3.8, 4) is 0 Å². The van der Waals surface area contributed by atoms with Gasteiger partial charge in [-0.1, -0.05) is 116 Å². The van der Waals surface area contributed by atoms with Gasteiger partial charge in [0.1, 0.15) is 0 Å². The largest absolute Gasteiger partial charge is 0.0533 e. The molecule has 0 N–H and O–H groups in total. The van der Waals surface area contributed by atoms with E-state index in [4.69, 9.17) is 0 Å². The lowest BCUT2D eigenvalue weighted by atomic mass is 10.0. The van der Waals surface area contributed by atoms with E-state index in [9.17, 15) is 0 Å². The molecule has 0 aromatic heterocycles. The van der Waals surface area contributed by atoms with E-state index >= 15 is 0 Å². The highest BCUT2D eigenvalue weighted by molar-refractivity contribution is 4.52. The second-order valence-electron chi connectivity index (χ2n) is 6.36. The van der Waals surface area contributed by atoms with E-state index in [2.05, 4.69) is 0 Å². The van der Waals surface area contributed by atoms with Crippen molar-refractivity contribution < 1.29 is 0 Å². The molecule has 18 heavy (non-hydrogen) atoms. The first kappa shape index (κ1) is 16.1. The maximum atomic E-state index is 1.50. The average molecular weight is 252 g/mol. The molecule has 2 fully saturated rings. The van der Waals surface area contributed by atoms with Crippen LogP contribution in [0.1, 0.15) is 116 Å². The van der Waals surface area contributed by atoms with Crippen molar-refractivity contribution in [2.75, 3.05) is 0 Å². The summed E-state index contributed by atoms with van der Waals surface area (Å²) in [7, 11) is 0. The molecule has 0 saturated heterocycles. The minimum absolute atomic E-state index is 1.50. The fourth-order valence-corrected chi connectivity index (χ4v) is 3.18. The second-order valence-corrected chi connectivity index (χ2v) is 6.36. The number of rotatable bonds is 0.